The Labute approximate surface area is 59.1 Å². The lowest BCUT2D eigenvalue weighted by atomic mass is 10.4. The lowest BCUT2D eigenvalue weighted by molar-refractivity contribution is -0.118. The van der Waals surface area contributed by atoms with Gasteiger partial charge in [-0.25, -0.2) is 0 Å². The Bertz CT molecular complexity index is 145. The van der Waals surface area contributed by atoms with E-state index >= 15 is 0 Å². The molecule has 0 radical (unpaired) electrons. The van der Waals surface area contributed by atoms with E-state index in [1.54, 1.807) is 0 Å². The normalized spacial score (nSPS) is 9.70. The van der Waals surface area contributed by atoms with Gasteiger partial charge in [-0.05, 0) is 0 Å². The fraction of sp³-hybridized carbons (Fsp3) is 0.333. The number of carbonyl (C=O) groups excluding carboxylic acids is 2. The van der Waals surface area contributed by atoms with Gasteiger partial charge in [0, 0.05) is 19.5 Å². The zero-order valence-corrected chi connectivity index (χ0v) is 5.76. The van der Waals surface area contributed by atoms with E-state index in [2.05, 4.69) is 5.32 Å². The molecule has 3 N–H and O–H groups in total. The molecule has 0 rings (SSSR count). The molecular formula is C6H10N2O2. The van der Waals surface area contributed by atoms with Crippen molar-refractivity contribution in [1.82, 2.24) is 5.32 Å². The standard InChI is InChI=1S/C6H10N2O2/c1-5(9)8-4-2-3-6(7)10/h2,4H,3H2,1H3,(H2,7,10)(H,8,9)/b4-2-. The predicted molar refractivity (Wildman–Crippen MR) is 36.8 cm³/mol. The monoisotopic (exact) mass is 142 g/mol. The van der Waals surface area contributed by atoms with Gasteiger partial charge in [0.15, 0.2) is 0 Å². The van der Waals surface area contributed by atoms with Crippen LogP contribution in [0.5, 0.6) is 0 Å². The number of nitrogens with two attached hydrogens (primary N) is 1. The van der Waals surface area contributed by atoms with Gasteiger partial charge in [-0.3, -0.25) is 9.59 Å². The predicted octanol–water partition coefficient (Wildman–Crippen LogP) is -0.488. The Morgan fingerprint density at radius 3 is 2.60 bits per heavy atom. The number of hydrogen-bond donors (Lipinski definition) is 2. The maximum absolute atomic E-state index is 10.2. The van der Waals surface area contributed by atoms with Gasteiger partial charge in [0.05, 0.1) is 0 Å². The molecule has 0 fully saturated rings. The summed E-state index contributed by atoms with van der Waals surface area (Å²) < 4.78 is 0. The minimum atomic E-state index is -0.415. The van der Waals surface area contributed by atoms with Gasteiger partial charge in [-0.15, -0.1) is 0 Å². The van der Waals surface area contributed by atoms with E-state index in [9.17, 15) is 9.59 Å². The molecular weight excluding hydrogens is 132 g/mol. The first kappa shape index (κ1) is 8.68. The molecule has 4 nitrogen and oxygen atoms in total. The van der Waals surface area contributed by atoms with Crippen LogP contribution in [0.25, 0.3) is 0 Å². The summed E-state index contributed by atoms with van der Waals surface area (Å²) in [5.74, 6) is -0.581. The number of hydrogen-bond acceptors (Lipinski definition) is 2. The Hall–Kier alpha value is -1.32. The number of amides is 2. The van der Waals surface area contributed by atoms with Gasteiger partial charge in [-0.2, -0.15) is 0 Å². The quantitative estimate of drug-likeness (QED) is 0.558. The zero-order chi connectivity index (χ0) is 7.98. The minimum Gasteiger partial charge on any atom is -0.369 e. The Morgan fingerprint density at radius 1 is 1.60 bits per heavy atom. The second-order valence-corrected chi connectivity index (χ2v) is 1.77. The highest BCUT2D eigenvalue weighted by molar-refractivity contribution is 5.76. The molecule has 2 amide bonds. The topological polar surface area (TPSA) is 72.2 Å². The van der Waals surface area contributed by atoms with Crippen LogP contribution in [-0.4, -0.2) is 11.8 Å². The molecule has 0 bridgehead atoms. The van der Waals surface area contributed by atoms with Crippen molar-refractivity contribution < 1.29 is 9.59 Å². The van der Waals surface area contributed by atoms with Crippen molar-refractivity contribution in [3.8, 4) is 0 Å². The highest BCUT2D eigenvalue weighted by Gasteiger charge is 1.86. The molecule has 0 heterocycles. The van der Waals surface area contributed by atoms with E-state index in [4.69, 9.17) is 5.73 Å². The summed E-state index contributed by atoms with van der Waals surface area (Å²) in [5.41, 5.74) is 4.81. The number of nitrogens with one attached hydrogen (secondary N) is 1. The van der Waals surface area contributed by atoms with Crippen LogP contribution in [0.2, 0.25) is 0 Å². The minimum absolute atomic E-state index is 0.153. The summed E-state index contributed by atoms with van der Waals surface area (Å²) >= 11 is 0. The maximum atomic E-state index is 10.2. The summed E-state index contributed by atoms with van der Waals surface area (Å²) in [6, 6.07) is 0. The van der Waals surface area contributed by atoms with Gasteiger partial charge in [0.2, 0.25) is 11.8 Å². The van der Waals surface area contributed by atoms with E-state index in [1.165, 1.54) is 19.2 Å². The zero-order valence-electron chi connectivity index (χ0n) is 5.76. The van der Waals surface area contributed by atoms with Crippen LogP contribution < -0.4 is 11.1 Å². The third kappa shape index (κ3) is 6.68. The van der Waals surface area contributed by atoms with E-state index in [1.807, 2.05) is 0 Å². The van der Waals surface area contributed by atoms with Gasteiger partial charge in [0.25, 0.3) is 0 Å². The molecule has 0 saturated carbocycles. The maximum Gasteiger partial charge on any atom is 0.221 e. The first-order valence-electron chi connectivity index (χ1n) is 2.83. The van der Waals surface area contributed by atoms with E-state index < -0.39 is 5.91 Å². The molecule has 4 heteroatoms. The second kappa shape index (κ2) is 4.55. The lowest BCUT2D eigenvalue weighted by Crippen LogP contribution is -2.13. The molecule has 0 aromatic heterocycles. The fourth-order valence-electron chi connectivity index (χ4n) is 0.351. The van der Waals surface area contributed by atoms with Crippen molar-refractivity contribution in [3.63, 3.8) is 0 Å². The second-order valence-electron chi connectivity index (χ2n) is 1.77. The molecule has 0 aromatic carbocycles. The van der Waals surface area contributed by atoms with Crippen LogP contribution in [0, 0.1) is 0 Å². The Morgan fingerprint density at radius 2 is 2.20 bits per heavy atom. The highest BCUT2D eigenvalue weighted by atomic mass is 16.1. The molecule has 0 spiro atoms. The summed E-state index contributed by atoms with van der Waals surface area (Å²) in [4.78, 5) is 20.3. The van der Waals surface area contributed by atoms with Crippen LogP contribution in [0.4, 0.5) is 0 Å². The highest BCUT2D eigenvalue weighted by Crippen LogP contribution is 1.77. The molecule has 0 saturated heterocycles. The van der Waals surface area contributed by atoms with Crippen molar-refractivity contribution in [2.75, 3.05) is 0 Å². The van der Waals surface area contributed by atoms with Crippen LogP contribution in [-0.2, 0) is 9.59 Å². The van der Waals surface area contributed by atoms with Crippen LogP contribution in [0.15, 0.2) is 12.3 Å². The van der Waals surface area contributed by atoms with E-state index in [0.717, 1.165) is 0 Å². The molecule has 0 atom stereocenters. The largest absolute Gasteiger partial charge is 0.369 e. The van der Waals surface area contributed by atoms with E-state index in [-0.39, 0.29) is 12.3 Å². The Balaban J connectivity index is 3.38. The van der Waals surface area contributed by atoms with Gasteiger partial charge in [0.1, 0.15) is 0 Å². The molecule has 56 valence electrons. The van der Waals surface area contributed by atoms with Crippen molar-refractivity contribution >= 4 is 11.8 Å². The first-order chi connectivity index (χ1) is 4.63. The van der Waals surface area contributed by atoms with Crippen LogP contribution >= 0.6 is 0 Å². The average molecular weight is 142 g/mol. The van der Waals surface area contributed by atoms with Gasteiger partial charge < -0.3 is 11.1 Å². The summed E-state index contributed by atoms with van der Waals surface area (Å²) in [6.07, 6.45) is 3.04. The van der Waals surface area contributed by atoms with Crippen molar-refractivity contribution in [2.24, 2.45) is 5.73 Å². The number of rotatable bonds is 3. The summed E-state index contributed by atoms with van der Waals surface area (Å²) in [7, 11) is 0. The van der Waals surface area contributed by atoms with Crippen LogP contribution in [0.1, 0.15) is 13.3 Å². The number of primary amides is 1. The van der Waals surface area contributed by atoms with Crippen molar-refractivity contribution in [1.29, 1.82) is 0 Å². The molecule has 0 aliphatic rings. The third-order valence-electron chi connectivity index (χ3n) is 0.723. The smallest absolute Gasteiger partial charge is 0.221 e. The van der Waals surface area contributed by atoms with E-state index in [0.29, 0.717) is 0 Å². The molecule has 0 unspecified atom stereocenters. The van der Waals surface area contributed by atoms with Crippen LogP contribution in [0.3, 0.4) is 0 Å². The Kier molecular flexibility index (Phi) is 3.95. The summed E-state index contributed by atoms with van der Waals surface area (Å²) in [5, 5.41) is 2.37. The first-order valence-corrected chi connectivity index (χ1v) is 2.83. The third-order valence-corrected chi connectivity index (χ3v) is 0.723. The summed E-state index contributed by atoms with van der Waals surface area (Å²) in [6.45, 7) is 1.38. The molecule has 0 aliphatic carbocycles. The molecule has 0 aromatic rings. The van der Waals surface area contributed by atoms with Crippen molar-refractivity contribution in [3.05, 3.63) is 12.3 Å². The lowest BCUT2D eigenvalue weighted by Gasteiger charge is -1.88. The molecule has 10 heavy (non-hydrogen) atoms. The fourth-order valence-corrected chi connectivity index (χ4v) is 0.351. The number of carbonyl (C=O) groups is 2. The van der Waals surface area contributed by atoms with Gasteiger partial charge >= 0.3 is 0 Å². The molecule has 0 aliphatic heterocycles. The average Bonchev–Trinajstić information content (AvgIpc) is 1.79. The SMILES string of the molecule is CC(=O)N/C=C\CC(N)=O. The van der Waals surface area contributed by atoms with Gasteiger partial charge in [-0.1, -0.05) is 6.08 Å². The van der Waals surface area contributed by atoms with Crippen molar-refractivity contribution in [2.45, 2.75) is 13.3 Å².